The van der Waals surface area contributed by atoms with Crippen molar-refractivity contribution in [2.45, 2.75) is 18.4 Å². The standard InChI is InChI=1S/C20H22FN3O4/c1-27-17-6-5-15(23-19(26)20(22)7-9-28-10-8-20)12-16(17)24-18(25)13-3-2-4-14(21)11-13/h2-6,11-12H,7-10,22H2,1H3,(H,23,26)(H,24,25). The van der Waals surface area contributed by atoms with E-state index in [0.717, 1.165) is 6.07 Å². The van der Waals surface area contributed by atoms with E-state index >= 15 is 0 Å². The van der Waals surface area contributed by atoms with Crippen molar-refractivity contribution >= 4 is 23.2 Å². The van der Waals surface area contributed by atoms with Crippen LogP contribution in [0.2, 0.25) is 0 Å². The Morgan fingerprint density at radius 1 is 1.14 bits per heavy atom. The number of hydrogen-bond acceptors (Lipinski definition) is 5. The van der Waals surface area contributed by atoms with Crippen molar-refractivity contribution in [3.8, 4) is 5.75 Å². The molecule has 1 fully saturated rings. The average Bonchev–Trinajstić information content (AvgIpc) is 2.69. The second kappa shape index (κ2) is 8.37. The molecule has 7 nitrogen and oxygen atoms in total. The number of rotatable bonds is 5. The van der Waals surface area contributed by atoms with Gasteiger partial charge in [-0.2, -0.15) is 0 Å². The predicted molar refractivity (Wildman–Crippen MR) is 103 cm³/mol. The van der Waals surface area contributed by atoms with Gasteiger partial charge < -0.3 is 25.8 Å². The Morgan fingerprint density at radius 3 is 2.57 bits per heavy atom. The van der Waals surface area contributed by atoms with E-state index in [2.05, 4.69) is 10.6 Å². The second-order valence-corrected chi connectivity index (χ2v) is 6.60. The molecule has 0 saturated carbocycles. The minimum Gasteiger partial charge on any atom is -0.495 e. The van der Waals surface area contributed by atoms with Gasteiger partial charge in [-0.1, -0.05) is 6.07 Å². The Bertz CT molecular complexity index is 882. The van der Waals surface area contributed by atoms with Crippen LogP contribution in [-0.2, 0) is 9.53 Å². The van der Waals surface area contributed by atoms with E-state index in [1.54, 1.807) is 18.2 Å². The molecule has 2 aromatic rings. The van der Waals surface area contributed by atoms with Crippen molar-refractivity contribution in [2.24, 2.45) is 5.73 Å². The number of anilines is 2. The highest BCUT2D eigenvalue weighted by atomic mass is 19.1. The van der Waals surface area contributed by atoms with Gasteiger partial charge >= 0.3 is 0 Å². The molecule has 4 N–H and O–H groups in total. The molecule has 3 rings (SSSR count). The molecule has 0 atom stereocenters. The molecule has 1 aliphatic heterocycles. The number of halogens is 1. The maximum absolute atomic E-state index is 13.4. The van der Waals surface area contributed by atoms with Crippen LogP contribution >= 0.6 is 0 Å². The Hall–Kier alpha value is -2.97. The molecule has 148 valence electrons. The maximum Gasteiger partial charge on any atom is 0.255 e. The van der Waals surface area contributed by atoms with Gasteiger partial charge in [-0.3, -0.25) is 9.59 Å². The molecule has 28 heavy (non-hydrogen) atoms. The van der Waals surface area contributed by atoms with Crippen LogP contribution in [-0.4, -0.2) is 37.7 Å². The van der Waals surface area contributed by atoms with Crippen LogP contribution in [0.5, 0.6) is 5.75 Å². The number of carbonyl (C=O) groups is 2. The first-order chi connectivity index (χ1) is 13.4. The Kier molecular flexibility index (Phi) is 5.91. The van der Waals surface area contributed by atoms with Crippen molar-refractivity contribution in [1.29, 1.82) is 0 Å². The Balaban J connectivity index is 1.78. The Morgan fingerprint density at radius 2 is 1.89 bits per heavy atom. The van der Waals surface area contributed by atoms with Crippen LogP contribution in [0, 0.1) is 5.82 Å². The normalized spacial score (nSPS) is 15.5. The fraction of sp³-hybridized carbons (Fsp3) is 0.300. The molecule has 0 aliphatic carbocycles. The third kappa shape index (κ3) is 4.47. The van der Waals surface area contributed by atoms with Gasteiger partial charge in [-0.05, 0) is 49.2 Å². The summed E-state index contributed by atoms with van der Waals surface area (Å²) >= 11 is 0. The van der Waals surface area contributed by atoms with Crippen molar-refractivity contribution in [2.75, 3.05) is 31.0 Å². The molecule has 0 spiro atoms. The van der Waals surface area contributed by atoms with Crippen LogP contribution in [0.3, 0.4) is 0 Å². The lowest BCUT2D eigenvalue weighted by Crippen LogP contribution is -2.54. The van der Waals surface area contributed by atoms with E-state index < -0.39 is 17.3 Å². The van der Waals surface area contributed by atoms with Gasteiger partial charge in [0.15, 0.2) is 0 Å². The number of ether oxygens (including phenoxy) is 2. The number of methoxy groups -OCH3 is 1. The zero-order valence-corrected chi connectivity index (χ0v) is 15.5. The minimum absolute atomic E-state index is 0.166. The van der Waals surface area contributed by atoms with Gasteiger partial charge in [0.1, 0.15) is 17.1 Å². The molecule has 1 saturated heterocycles. The van der Waals surface area contributed by atoms with Crippen molar-refractivity contribution in [3.63, 3.8) is 0 Å². The third-order valence-corrected chi connectivity index (χ3v) is 4.63. The first-order valence-electron chi connectivity index (χ1n) is 8.84. The predicted octanol–water partition coefficient (Wildman–Crippen LogP) is 2.53. The summed E-state index contributed by atoms with van der Waals surface area (Å²) in [5.41, 5.74) is 6.16. The van der Waals surface area contributed by atoms with Crippen LogP contribution in [0.1, 0.15) is 23.2 Å². The van der Waals surface area contributed by atoms with E-state index in [1.165, 1.54) is 25.3 Å². The van der Waals surface area contributed by atoms with Gasteiger partial charge in [-0.25, -0.2) is 4.39 Å². The first-order valence-corrected chi connectivity index (χ1v) is 8.84. The van der Waals surface area contributed by atoms with Crippen LogP contribution in [0.15, 0.2) is 42.5 Å². The van der Waals surface area contributed by atoms with E-state index in [0.29, 0.717) is 43.2 Å². The number of nitrogens with two attached hydrogens (primary N) is 1. The van der Waals surface area contributed by atoms with Crippen molar-refractivity contribution in [1.82, 2.24) is 0 Å². The number of benzene rings is 2. The summed E-state index contributed by atoms with van der Waals surface area (Å²) in [4.78, 5) is 25.0. The van der Waals surface area contributed by atoms with E-state index in [1.807, 2.05) is 0 Å². The lowest BCUT2D eigenvalue weighted by Gasteiger charge is -2.31. The summed E-state index contributed by atoms with van der Waals surface area (Å²) in [6.45, 7) is 0.864. The van der Waals surface area contributed by atoms with Gasteiger partial charge in [0.05, 0.1) is 12.8 Å². The summed E-state index contributed by atoms with van der Waals surface area (Å²) in [6.07, 6.45) is 0.857. The highest BCUT2D eigenvalue weighted by Crippen LogP contribution is 2.29. The van der Waals surface area contributed by atoms with Crippen molar-refractivity contribution in [3.05, 3.63) is 53.8 Å². The minimum atomic E-state index is -0.997. The largest absolute Gasteiger partial charge is 0.495 e. The Labute approximate surface area is 162 Å². The highest BCUT2D eigenvalue weighted by Gasteiger charge is 2.36. The zero-order chi connectivity index (χ0) is 20.1. The quantitative estimate of drug-likeness (QED) is 0.732. The molecule has 1 heterocycles. The maximum atomic E-state index is 13.4. The number of carbonyl (C=O) groups excluding carboxylic acids is 2. The summed E-state index contributed by atoms with van der Waals surface area (Å²) in [5.74, 6) is -0.925. The average molecular weight is 387 g/mol. The fourth-order valence-corrected chi connectivity index (χ4v) is 2.93. The van der Waals surface area contributed by atoms with Crippen LogP contribution in [0.25, 0.3) is 0 Å². The number of hydrogen-bond donors (Lipinski definition) is 3. The van der Waals surface area contributed by atoms with Crippen LogP contribution in [0.4, 0.5) is 15.8 Å². The molecule has 8 heteroatoms. The topological polar surface area (TPSA) is 103 Å². The SMILES string of the molecule is COc1ccc(NC(=O)C2(N)CCOCC2)cc1NC(=O)c1cccc(F)c1. The molecular formula is C20H22FN3O4. The lowest BCUT2D eigenvalue weighted by molar-refractivity contribution is -0.124. The molecule has 0 aromatic heterocycles. The number of nitrogens with one attached hydrogen (secondary N) is 2. The monoisotopic (exact) mass is 387 g/mol. The van der Waals surface area contributed by atoms with Crippen molar-refractivity contribution < 1.29 is 23.5 Å². The summed E-state index contributed by atoms with van der Waals surface area (Å²) in [7, 11) is 1.46. The van der Waals surface area contributed by atoms with E-state index in [4.69, 9.17) is 15.2 Å². The molecule has 2 aromatic carbocycles. The molecule has 0 radical (unpaired) electrons. The van der Waals surface area contributed by atoms with Crippen LogP contribution < -0.4 is 21.1 Å². The zero-order valence-electron chi connectivity index (χ0n) is 15.5. The smallest absolute Gasteiger partial charge is 0.255 e. The summed E-state index contributed by atoms with van der Waals surface area (Å²) < 4.78 is 23.9. The van der Waals surface area contributed by atoms with Gasteiger partial charge in [-0.15, -0.1) is 0 Å². The summed E-state index contributed by atoms with van der Waals surface area (Å²) in [6, 6.07) is 10.2. The molecule has 0 bridgehead atoms. The third-order valence-electron chi connectivity index (χ3n) is 4.63. The highest BCUT2D eigenvalue weighted by molar-refractivity contribution is 6.06. The molecular weight excluding hydrogens is 365 g/mol. The first kappa shape index (κ1) is 19.8. The van der Waals surface area contributed by atoms with E-state index in [9.17, 15) is 14.0 Å². The van der Waals surface area contributed by atoms with Gasteiger partial charge in [0.25, 0.3) is 5.91 Å². The van der Waals surface area contributed by atoms with Gasteiger partial charge in [0.2, 0.25) is 5.91 Å². The van der Waals surface area contributed by atoms with Gasteiger partial charge in [0, 0.05) is 24.5 Å². The summed E-state index contributed by atoms with van der Waals surface area (Å²) in [5, 5.41) is 5.45. The fourth-order valence-electron chi connectivity index (χ4n) is 2.93. The molecule has 0 unspecified atom stereocenters. The molecule has 1 aliphatic rings. The number of amides is 2. The molecule has 2 amide bonds. The lowest BCUT2D eigenvalue weighted by atomic mass is 9.90. The van der Waals surface area contributed by atoms with E-state index in [-0.39, 0.29) is 11.5 Å². The second-order valence-electron chi connectivity index (χ2n) is 6.60.